The fraction of sp³-hybridized carbons (Fsp3) is 0.538. The highest BCUT2D eigenvalue weighted by Gasteiger charge is 2.08. The van der Waals surface area contributed by atoms with E-state index in [9.17, 15) is 4.39 Å². The number of aryl methyl sites for hydroxylation is 1. The van der Waals surface area contributed by atoms with Crippen LogP contribution in [0.1, 0.15) is 50.2 Å². The van der Waals surface area contributed by atoms with E-state index in [4.69, 9.17) is 0 Å². The average Bonchev–Trinajstić information content (AvgIpc) is 2.14. The Hall–Kier alpha value is -0.850. The third kappa shape index (κ3) is 2.83. The van der Waals surface area contributed by atoms with Crippen LogP contribution in [0.15, 0.2) is 18.2 Å². The van der Waals surface area contributed by atoms with Crippen molar-refractivity contribution in [2.24, 2.45) is 0 Å². The van der Waals surface area contributed by atoms with Crippen molar-refractivity contribution in [1.82, 2.24) is 0 Å². The second-order valence-corrected chi connectivity index (χ2v) is 4.04. The predicted molar refractivity (Wildman–Crippen MR) is 59.1 cm³/mol. The summed E-state index contributed by atoms with van der Waals surface area (Å²) in [6.45, 7) is 6.40. The molecule has 1 heteroatoms. The summed E-state index contributed by atoms with van der Waals surface area (Å²) >= 11 is 0. The lowest BCUT2D eigenvalue weighted by molar-refractivity contribution is 0.608. The highest BCUT2D eigenvalue weighted by molar-refractivity contribution is 5.29. The molecule has 78 valence electrons. The molecule has 0 fully saturated rings. The quantitative estimate of drug-likeness (QED) is 0.665. The van der Waals surface area contributed by atoms with Gasteiger partial charge in [0.1, 0.15) is 5.82 Å². The molecule has 0 unspecified atom stereocenters. The highest BCUT2D eigenvalue weighted by atomic mass is 19.1. The third-order valence-electron chi connectivity index (χ3n) is 2.75. The molecule has 14 heavy (non-hydrogen) atoms. The van der Waals surface area contributed by atoms with Crippen LogP contribution in [0.25, 0.3) is 0 Å². The topological polar surface area (TPSA) is 0 Å². The van der Waals surface area contributed by atoms with Crippen LogP contribution in [0, 0.1) is 12.7 Å². The molecule has 0 spiro atoms. The Labute approximate surface area is 86.2 Å². The summed E-state index contributed by atoms with van der Waals surface area (Å²) in [4.78, 5) is 0. The molecule has 1 aromatic rings. The maximum Gasteiger partial charge on any atom is 0.123 e. The SMILES string of the molecule is CCCC[C@@H](C)c1ccc(F)cc1C. The molecule has 1 rings (SSSR count). The lowest BCUT2D eigenvalue weighted by atomic mass is 9.92. The summed E-state index contributed by atoms with van der Waals surface area (Å²) in [7, 11) is 0. The van der Waals surface area contributed by atoms with E-state index in [-0.39, 0.29) is 5.82 Å². The Morgan fingerprint density at radius 3 is 2.64 bits per heavy atom. The Balaban J connectivity index is 2.74. The van der Waals surface area contributed by atoms with E-state index in [1.807, 2.05) is 13.0 Å². The molecule has 0 aliphatic heterocycles. The summed E-state index contributed by atoms with van der Waals surface area (Å²) in [5, 5.41) is 0. The second kappa shape index (κ2) is 5.14. The van der Waals surface area contributed by atoms with Crippen molar-refractivity contribution in [2.45, 2.75) is 46.0 Å². The van der Waals surface area contributed by atoms with E-state index in [1.165, 1.54) is 24.8 Å². The second-order valence-electron chi connectivity index (χ2n) is 4.04. The number of halogens is 1. The molecule has 0 radical (unpaired) electrons. The highest BCUT2D eigenvalue weighted by Crippen LogP contribution is 2.24. The van der Waals surface area contributed by atoms with Crippen LogP contribution in [0.4, 0.5) is 4.39 Å². The minimum Gasteiger partial charge on any atom is -0.207 e. The number of hydrogen-bond acceptors (Lipinski definition) is 0. The van der Waals surface area contributed by atoms with Crippen LogP contribution in [0.3, 0.4) is 0 Å². The average molecular weight is 194 g/mol. The number of unbranched alkanes of at least 4 members (excludes halogenated alkanes) is 1. The molecule has 1 atom stereocenters. The molecule has 0 bridgehead atoms. The van der Waals surface area contributed by atoms with Crippen LogP contribution < -0.4 is 0 Å². The molecule has 0 nitrogen and oxygen atoms in total. The zero-order chi connectivity index (χ0) is 10.6. The van der Waals surface area contributed by atoms with Crippen molar-refractivity contribution in [1.29, 1.82) is 0 Å². The first-order chi connectivity index (χ1) is 6.65. The smallest absolute Gasteiger partial charge is 0.123 e. The van der Waals surface area contributed by atoms with E-state index < -0.39 is 0 Å². The zero-order valence-corrected chi connectivity index (χ0v) is 9.31. The zero-order valence-electron chi connectivity index (χ0n) is 9.31. The molecule has 0 aromatic heterocycles. The van der Waals surface area contributed by atoms with E-state index in [0.29, 0.717) is 5.92 Å². The number of hydrogen-bond donors (Lipinski definition) is 0. The fourth-order valence-electron chi connectivity index (χ4n) is 1.86. The van der Waals surface area contributed by atoms with Crippen molar-refractivity contribution in [2.75, 3.05) is 0 Å². The van der Waals surface area contributed by atoms with Gasteiger partial charge in [-0.2, -0.15) is 0 Å². The molecule has 1 aromatic carbocycles. The van der Waals surface area contributed by atoms with Gasteiger partial charge in [-0.25, -0.2) is 4.39 Å². The summed E-state index contributed by atoms with van der Waals surface area (Å²) in [5.74, 6) is 0.421. The van der Waals surface area contributed by atoms with Gasteiger partial charge in [-0.15, -0.1) is 0 Å². The van der Waals surface area contributed by atoms with Gasteiger partial charge < -0.3 is 0 Å². The Morgan fingerprint density at radius 1 is 1.36 bits per heavy atom. The summed E-state index contributed by atoms with van der Waals surface area (Å²) < 4.78 is 12.9. The van der Waals surface area contributed by atoms with Gasteiger partial charge in [-0.3, -0.25) is 0 Å². The lowest BCUT2D eigenvalue weighted by Crippen LogP contribution is -1.97. The van der Waals surface area contributed by atoms with Crippen LogP contribution in [-0.2, 0) is 0 Å². The minimum absolute atomic E-state index is 0.131. The summed E-state index contributed by atoms with van der Waals surface area (Å²) in [6, 6.07) is 5.10. The summed E-state index contributed by atoms with van der Waals surface area (Å²) in [5.41, 5.74) is 2.37. The van der Waals surface area contributed by atoms with Crippen molar-refractivity contribution in [3.05, 3.63) is 35.1 Å². The largest absolute Gasteiger partial charge is 0.207 e. The molecule has 0 aliphatic carbocycles. The van der Waals surface area contributed by atoms with E-state index in [0.717, 1.165) is 5.56 Å². The molecule has 0 N–H and O–H groups in total. The monoisotopic (exact) mass is 194 g/mol. The van der Waals surface area contributed by atoms with Gasteiger partial charge in [-0.05, 0) is 42.5 Å². The van der Waals surface area contributed by atoms with E-state index >= 15 is 0 Å². The normalized spacial score (nSPS) is 12.9. The Morgan fingerprint density at radius 2 is 2.07 bits per heavy atom. The van der Waals surface area contributed by atoms with Crippen molar-refractivity contribution >= 4 is 0 Å². The van der Waals surface area contributed by atoms with Gasteiger partial charge in [0.25, 0.3) is 0 Å². The standard InChI is InChI=1S/C13H19F/c1-4-5-6-10(2)13-8-7-12(14)9-11(13)3/h7-10H,4-6H2,1-3H3/t10-/m1/s1. The fourth-order valence-corrected chi connectivity index (χ4v) is 1.86. The lowest BCUT2D eigenvalue weighted by Gasteiger charge is -2.14. The summed E-state index contributed by atoms with van der Waals surface area (Å²) in [6.07, 6.45) is 3.67. The molecule has 0 heterocycles. The molecule has 0 aliphatic rings. The first-order valence-electron chi connectivity index (χ1n) is 5.41. The van der Waals surface area contributed by atoms with Crippen LogP contribution in [0.2, 0.25) is 0 Å². The van der Waals surface area contributed by atoms with Crippen molar-refractivity contribution < 1.29 is 4.39 Å². The Bertz CT molecular complexity index is 291. The van der Waals surface area contributed by atoms with Crippen molar-refractivity contribution in [3.63, 3.8) is 0 Å². The van der Waals surface area contributed by atoms with Gasteiger partial charge >= 0.3 is 0 Å². The van der Waals surface area contributed by atoms with E-state index in [2.05, 4.69) is 13.8 Å². The van der Waals surface area contributed by atoms with Crippen LogP contribution >= 0.6 is 0 Å². The van der Waals surface area contributed by atoms with Crippen LogP contribution in [-0.4, -0.2) is 0 Å². The maximum absolute atomic E-state index is 12.9. The molecular weight excluding hydrogens is 175 g/mol. The maximum atomic E-state index is 12.9. The van der Waals surface area contributed by atoms with Gasteiger partial charge in [-0.1, -0.05) is 32.8 Å². The molecule has 0 saturated carbocycles. The van der Waals surface area contributed by atoms with Gasteiger partial charge in [0.15, 0.2) is 0 Å². The third-order valence-corrected chi connectivity index (χ3v) is 2.75. The minimum atomic E-state index is -0.131. The number of benzene rings is 1. The predicted octanol–water partition coefficient (Wildman–Crippen LogP) is 4.43. The van der Waals surface area contributed by atoms with Gasteiger partial charge in [0.2, 0.25) is 0 Å². The van der Waals surface area contributed by atoms with Gasteiger partial charge in [0.05, 0.1) is 0 Å². The first-order valence-corrected chi connectivity index (χ1v) is 5.41. The first kappa shape index (κ1) is 11.2. The van der Waals surface area contributed by atoms with E-state index in [1.54, 1.807) is 12.1 Å². The number of rotatable bonds is 4. The van der Waals surface area contributed by atoms with Gasteiger partial charge in [0, 0.05) is 0 Å². The molecular formula is C13H19F. The van der Waals surface area contributed by atoms with Crippen LogP contribution in [0.5, 0.6) is 0 Å². The Kier molecular flexibility index (Phi) is 4.12. The molecule has 0 saturated heterocycles. The molecule has 0 amide bonds. The van der Waals surface area contributed by atoms with Crippen molar-refractivity contribution in [3.8, 4) is 0 Å².